The van der Waals surface area contributed by atoms with E-state index in [-0.39, 0.29) is 6.10 Å². The minimum absolute atomic E-state index is 0.0360. The quantitative estimate of drug-likeness (QED) is 0.480. The van der Waals surface area contributed by atoms with Crippen LogP contribution >= 0.6 is 0 Å². The molecule has 2 heterocycles. The van der Waals surface area contributed by atoms with Crippen molar-refractivity contribution in [3.8, 4) is 0 Å². The molecule has 1 aliphatic heterocycles. The third kappa shape index (κ3) is 8.26. The van der Waals surface area contributed by atoms with E-state index >= 15 is 0 Å². The second-order valence-electron chi connectivity index (χ2n) is 7.03. The summed E-state index contributed by atoms with van der Waals surface area (Å²) in [6.45, 7) is 2.20. The van der Waals surface area contributed by atoms with Crippen molar-refractivity contribution in [2.24, 2.45) is 0 Å². The van der Waals surface area contributed by atoms with Gasteiger partial charge in [-0.3, -0.25) is 4.98 Å². The van der Waals surface area contributed by atoms with Gasteiger partial charge in [0.1, 0.15) is 0 Å². The Morgan fingerprint density at radius 1 is 1.27 bits per heavy atom. The molecule has 0 spiro atoms. The first-order chi connectivity index (χ1) is 12.7. The number of pyridine rings is 1. The van der Waals surface area contributed by atoms with E-state index in [0.717, 1.165) is 37.1 Å². The Hall–Kier alpha value is -1.49. The highest BCUT2D eigenvalue weighted by Crippen LogP contribution is 2.20. The van der Waals surface area contributed by atoms with E-state index in [0.29, 0.717) is 12.8 Å². The molecule has 3 atom stereocenters. The highest BCUT2D eigenvalue weighted by atomic mass is 16.6. The second kappa shape index (κ2) is 12.0. The summed E-state index contributed by atoms with van der Waals surface area (Å²) < 4.78 is 5.56. The minimum Gasteiger partial charge on any atom is -0.389 e. The first-order valence-corrected chi connectivity index (χ1v) is 9.98. The summed E-state index contributed by atoms with van der Waals surface area (Å²) in [6, 6.07) is 5.89. The van der Waals surface area contributed by atoms with Gasteiger partial charge >= 0.3 is 0 Å². The van der Waals surface area contributed by atoms with Gasteiger partial charge in [0, 0.05) is 12.1 Å². The van der Waals surface area contributed by atoms with Crippen LogP contribution in [0.15, 0.2) is 36.4 Å². The maximum atomic E-state index is 10.1. The van der Waals surface area contributed by atoms with Crippen LogP contribution in [0.3, 0.4) is 0 Å². The van der Waals surface area contributed by atoms with Gasteiger partial charge in [-0.25, -0.2) is 0 Å². The summed E-state index contributed by atoms with van der Waals surface area (Å²) in [4.78, 5) is 4.62. The molecule has 0 saturated carbocycles. The van der Waals surface area contributed by atoms with Gasteiger partial charge in [0.2, 0.25) is 0 Å². The van der Waals surface area contributed by atoms with Gasteiger partial charge in [-0.15, -0.1) is 0 Å². The topological polar surface area (TPSA) is 62.6 Å². The first kappa shape index (κ1) is 20.8. The van der Waals surface area contributed by atoms with Crippen LogP contribution in [0.2, 0.25) is 0 Å². The zero-order valence-corrected chi connectivity index (χ0v) is 15.9. The number of rotatable bonds is 10. The fourth-order valence-corrected chi connectivity index (χ4v) is 3.12. The summed E-state index contributed by atoms with van der Waals surface area (Å²) in [5.74, 6) is 0. The number of unbranched alkanes of at least 4 members (excludes halogenated alkanes) is 3. The van der Waals surface area contributed by atoms with Gasteiger partial charge in [-0.1, -0.05) is 44.1 Å². The number of hydrogen-bond donors (Lipinski definition) is 2. The molecule has 3 unspecified atom stereocenters. The standard InChI is InChI=1S/C22H33NO3/c1-2-3-4-5-6-7-12-20(24)16-15-18-10-8-11-19(23-18)17-21-13-9-14-22(25)26-21/h6-8,10-11,15-16,20-22,24-25H,2-5,9,12-14,17H2,1H3. The van der Waals surface area contributed by atoms with Crippen molar-refractivity contribution < 1.29 is 14.9 Å². The molecular weight excluding hydrogens is 326 g/mol. The van der Waals surface area contributed by atoms with E-state index < -0.39 is 12.4 Å². The van der Waals surface area contributed by atoms with Crippen LogP contribution < -0.4 is 0 Å². The molecule has 1 aromatic rings. The molecule has 2 rings (SSSR count). The molecule has 1 fully saturated rings. The third-order valence-corrected chi connectivity index (χ3v) is 4.60. The van der Waals surface area contributed by atoms with Crippen LogP contribution in [0.25, 0.3) is 6.08 Å². The second-order valence-corrected chi connectivity index (χ2v) is 7.03. The molecule has 4 nitrogen and oxygen atoms in total. The molecule has 144 valence electrons. The number of allylic oxidation sites excluding steroid dienone is 1. The minimum atomic E-state index is -0.637. The molecular formula is C22H33NO3. The lowest BCUT2D eigenvalue weighted by molar-refractivity contribution is -0.161. The van der Waals surface area contributed by atoms with Gasteiger partial charge in [-0.05, 0) is 56.7 Å². The Kier molecular flexibility index (Phi) is 9.61. The predicted octanol–water partition coefficient (Wildman–Crippen LogP) is 4.41. The van der Waals surface area contributed by atoms with Crippen LogP contribution in [0.1, 0.15) is 69.7 Å². The van der Waals surface area contributed by atoms with E-state index in [1.165, 1.54) is 19.3 Å². The average molecular weight is 360 g/mol. The molecule has 0 aliphatic carbocycles. The molecule has 0 aromatic carbocycles. The fraction of sp³-hybridized carbons (Fsp3) is 0.591. The van der Waals surface area contributed by atoms with Crippen LogP contribution in [-0.4, -0.2) is 33.7 Å². The Balaban J connectivity index is 1.78. The number of aliphatic hydroxyl groups is 2. The molecule has 1 aromatic heterocycles. The maximum Gasteiger partial charge on any atom is 0.154 e. The molecule has 1 saturated heterocycles. The van der Waals surface area contributed by atoms with Gasteiger partial charge in [0.25, 0.3) is 0 Å². The number of ether oxygens (including phenoxy) is 1. The van der Waals surface area contributed by atoms with E-state index in [1.807, 2.05) is 24.3 Å². The molecule has 2 N–H and O–H groups in total. The zero-order valence-electron chi connectivity index (χ0n) is 15.9. The maximum absolute atomic E-state index is 10.1. The normalized spacial score (nSPS) is 22.3. The van der Waals surface area contributed by atoms with Crippen molar-refractivity contribution in [1.82, 2.24) is 4.98 Å². The molecule has 0 radical (unpaired) electrons. The first-order valence-electron chi connectivity index (χ1n) is 9.98. The zero-order chi connectivity index (χ0) is 18.6. The summed E-state index contributed by atoms with van der Waals surface area (Å²) in [5, 5.41) is 19.7. The average Bonchev–Trinajstić information content (AvgIpc) is 2.63. The fourth-order valence-electron chi connectivity index (χ4n) is 3.12. The molecule has 1 aliphatic rings. The predicted molar refractivity (Wildman–Crippen MR) is 106 cm³/mol. The van der Waals surface area contributed by atoms with E-state index in [1.54, 1.807) is 6.08 Å². The Labute approximate surface area is 157 Å². The molecule has 0 bridgehead atoms. The lowest BCUT2D eigenvalue weighted by Gasteiger charge is -2.26. The van der Waals surface area contributed by atoms with Crippen LogP contribution in [0.5, 0.6) is 0 Å². The van der Waals surface area contributed by atoms with Crippen LogP contribution in [0.4, 0.5) is 0 Å². The lowest BCUT2D eigenvalue weighted by atomic mass is 10.0. The number of nitrogens with zero attached hydrogens (tertiary/aromatic N) is 1. The molecule has 0 amide bonds. The summed E-state index contributed by atoms with van der Waals surface area (Å²) in [5.41, 5.74) is 1.79. The van der Waals surface area contributed by atoms with Gasteiger partial charge in [-0.2, -0.15) is 0 Å². The van der Waals surface area contributed by atoms with Gasteiger partial charge in [0.05, 0.1) is 17.9 Å². The Bertz CT molecular complexity index is 570. The summed E-state index contributed by atoms with van der Waals surface area (Å²) >= 11 is 0. The van der Waals surface area contributed by atoms with Crippen molar-refractivity contribution in [2.75, 3.05) is 0 Å². The summed E-state index contributed by atoms with van der Waals surface area (Å²) in [7, 11) is 0. The number of aromatic nitrogens is 1. The summed E-state index contributed by atoms with van der Waals surface area (Å²) in [6.07, 6.45) is 15.6. The van der Waals surface area contributed by atoms with Gasteiger partial charge < -0.3 is 14.9 Å². The van der Waals surface area contributed by atoms with Crippen molar-refractivity contribution in [2.45, 2.75) is 83.2 Å². The van der Waals surface area contributed by atoms with Crippen molar-refractivity contribution in [3.63, 3.8) is 0 Å². The highest BCUT2D eigenvalue weighted by molar-refractivity contribution is 5.45. The van der Waals surface area contributed by atoms with E-state index in [2.05, 4.69) is 24.1 Å². The molecule has 26 heavy (non-hydrogen) atoms. The van der Waals surface area contributed by atoms with Crippen molar-refractivity contribution in [3.05, 3.63) is 47.8 Å². The van der Waals surface area contributed by atoms with Crippen molar-refractivity contribution >= 4 is 6.08 Å². The lowest BCUT2D eigenvalue weighted by Crippen LogP contribution is -2.29. The molecule has 4 heteroatoms. The third-order valence-electron chi connectivity index (χ3n) is 4.60. The largest absolute Gasteiger partial charge is 0.389 e. The Morgan fingerprint density at radius 2 is 2.15 bits per heavy atom. The van der Waals surface area contributed by atoms with Crippen LogP contribution in [0, 0.1) is 0 Å². The van der Waals surface area contributed by atoms with Crippen molar-refractivity contribution in [1.29, 1.82) is 0 Å². The van der Waals surface area contributed by atoms with E-state index in [9.17, 15) is 10.2 Å². The van der Waals surface area contributed by atoms with Crippen LogP contribution in [-0.2, 0) is 11.2 Å². The smallest absolute Gasteiger partial charge is 0.154 e. The Morgan fingerprint density at radius 3 is 2.96 bits per heavy atom. The number of hydrogen-bond acceptors (Lipinski definition) is 4. The SMILES string of the molecule is CCCCCC=CCC(O)C=Cc1cccc(CC2CCCC(O)O2)n1. The highest BCUT2D eigenvalue weighted by Gasteiger charge is 2.20. The number of aliphatic hydroxyl groups excluding tert-OH is 2. The van der Waals surface area contributed by atoms with E-state index in [4.69, 9.17) is 4.74 Å². The van der Waals surface area contributed by atoms with Gasteiger partial charge in [0.15, 0.2) is 6.29 Å². The monoisotopic (exact) mass is 359 g/mol.